The quantitative estimate of drug-likeness (QED) is 0.446. The number of carbonyl (C=O) groups is 1. The van der Waals surface area contributed by atoms with Crippen LogP contribution in [0.2, 0.25) is 0 Å². The van der Waals surface area contributed by atoms with Gasteiger partial charge in [0, 0.05) is 18.7 Å². The number of imidazole rings is 1. The molecule has 0 fully saturated rings. The molecule has 0 saturated carbocycles. The summed E-state index contributed by atoms with van der Waals surface area (Å²) in [5.41, 5.74) is 2.39. The molecule has 1 aliphatic rings. The lowest BCUT2D eigenvalue weighted by Crippen LogP contribution is -2.32. The number of nitrogens with one attached hydrogen (secondary N) is 2. The van der Waals surface area contributed by atoms with Crippen LogP contribution in [0.5, 0.6) is 0 Å². The maximum absolute atomic E-state index is 11.4. The molecule has 0 saturated heterocycles. The van der Waals surface area contributed by atoms with Gasteiger partial charge in [-0.25, -0.2) is 14.8 Å². The number of aromatic carboxylic acids is 1. The van der Waals surface area contributed by atoms with Gasteiger partial charge in [0.25, 0.3) is 0 Å². The Balaban J connectivity index is 1.62. The first kappa shape index (κ1) is 17.4. The number of aromatic nitrogens is 4. The lowest BCUT2D eigenvalue weighted by atomic mass is 10.1. The maximum atomic E-state index is 11.4. The summed E-state index contributed by atoms with van der Waals surface area (Å²) in [5, 5.41) is 23.3. The number of nitro groups is 1. The summed E-state index contributed by atoms with van der Waals surface area (Å²) in [4.78, 5) is 39.3. The van der Waals surface area contributed by atoms with Gasteiger partial charge in [-0.15, -0.1) is 0 Å². The minimum absolute atomic E-state index is 0.152. The molecule has 1 aliphatic heterocycles. The Morgan fingerprint density at radius 3 is 2.79 bits per heavy atom. The van der Waals surface area contributed by atoms with Crippen LogP contribution in [0.4, 0.5) is 23.1 Å². The Bertz CT molecular complexity index is 1050. The van der Waals surface area contributed by atoms with Gasteiger partial charge in [0.2, 0.25) is 11.8 Å². The molecule has 0 unspecified atom stereocenters. The number of rotatable bonds is 5. The number of carboxylic acid groups (broad SMARTS) is 1. The number of anilines is 3. The molecular weight excluding hydrogens is 366 g/mol. The first-order chi connectivity index (χ1) is 13.5. The first-order valence-corrected chi connectivity index (χ1v) is 8.39. The molecule has 0 spiro atoms. The smallest absolute Gasteiger partial charge is 0.335 e. The second-order valence-electron chi connectivity index (χ2n) is 6.17. The molecule has 11 heteroatoms. The number of hydrogen-bond acceptors (Lipinski definition) is 8. The van der Waals surface area contributed by atoms with Crippen LogP contribution in [-0.4, -0.2) is 42.5 Å². The number of fused-ring (bicyclic) bond motifs is 1. The third kappa shape index (κ3) is 3.32. The lowest BCUT2D eigenvalue weighted by Gasteiger charge is -2.26. The predicted octanol–water partition coefficient (Wildman–Crippen LogP) is 2.11. The van der Waals surface area contributed by atoms with Gasteiger partial charge in [0.05, 0.1) is 34.7 Å². The van der Waals surface area contributed by atoms with Crippen molar-refractivity contribution < 1.29 is 14.8 Å². The second kappa shape index (κ2) is 6.95. The van der Waals surface area contributed by atoms with Crippen molar-refractivity contribution in [1.82, 2.24) is 19.9 Å². The van der Waals surface area contributed by atoms with Crippen LogP contribution in [0, 0.1) is 10.1 Å². The zero-order chi connectivity index (χ0) is 19.7. The molecule has 3 N–H and O–H groups in total. The van der Waals surface area contributed by atoms with Crippen LogP contribution in [0.1, 0.15) is 21.7 Å². The van der Waals surface area contributed by atoms with Crippen molar-refractivity contribution in [2.45, 2.75) is 13.0 Å². The summed E-state index contributed by atoms with van der Waals surface area (Å²) in [6.45, 7) is 0.975. The standard InChI is InChI=1S/C17H15N7O4/c25-16(26)10-1-3-11(4-2-10)21-17-18-7-14(24(27)28)15(22-17)23-6-5-12-13(8-23)20-9-19-12/h1-4,7,9H,5-6,8H2,(H,19,20)(H,25,26)(H,18,21,22). The highest BCUT2D eigenvalue weighted by Crippen LogP contribution is 2.30. The van der Waals surface area contributed by atoms with E-state index in [1.54, 1.807) is 23.4 Å². The van der Waals surface area contributed by atoms with E-state index in [0.717, 1.165) is 11.4 Å². The minimum Gasteiger partial charge on any atom is -0.478 e. The molecule has 0 aliphatic carbocycles. The van der Waals surface area contributed by atoms with Gasteiger partial charge in [-0.2, -0.15) is 4.98 Å². The number of nitrogens with zero attached hydrogens (tertiary/aromatic N) is 5. The molecule has 142 valence electrons. The fourth-order valence-corrected chi connectivity index (χ4v) is 3.01. The van der Waals surface area contributed by atoms with Crippen molar-refractivity contribution in [3.8, 4) is 0 Å². The highest BCUT2D eigenvalue weighted by Gasteiger charge is 2.27. The Kier molecular flexibility index (Phi) is 4.32. The van der Waals surface area contributed by atoms with E-state index in [9.17, 15) is 14.9 Å². The summed E-state index contributed by atoms with van der Waals surface area (Å²) in [5.74, 6) is -0.632. The molecular formula is C17H15N7O4. The fourth-order valence-electron chi connectivity index (χ4n) is 3.01. The zero-order valence-electron chi connectivity index (χ0n) is 14.5. The highest BCUT2D eigenvalue weighted by atomic mass is 16.6. The molecule has 28 heavy (non-hydrogen) atoms. The van der Waals surface area contributed by atoms with Gasteiger partial charge in [0.15, 0.2) is 0 Å². The van der Waals surface area contributed by atoms with Gasteiger partial charge < -0.3 is 20.3 Å². The summed E-state index contributed by atoms with van der Waals surface area (Å²) in [6.07, 6.45) is 3.43. The van der Waals surface area contributed by atoms with Crippen molar-refractivity contribution in [3.05, 3.63) is 63.9 Å². The van der Waals surface area contributed by atoms with Gasteiger partial charge in [0.1, 0.15) is 6.20 Å². The average Bonchev–Trinajstić information content (AvgIpc) is 3.16. The van der Waals surface area contributed by atoms with Gasteiger partial charge in [-0.3, -0.25) is 10.1 Å². The van der Waals surface area contributed by atoms with Crippen LogP contribution >= 0.6 is 0 Å². The van der Waals surface area contributed by atoms with Crippen molar-refractivity contribution >= 4 is 29.1 Å². The molecule has 2 aromatic heterocycles. The van der Waals surface area contributed by atoms with Gasteiger partial charge in [-0.1, -0.05) is 0 Å². The first-order valence-electron chi connectivity index (χ1n) is 8.39. The van der Waals surface area contributed by atoms with E-state index < -0.39 is 10.9 Å². The highest BCUT2D eigenvalue weighted by molar-refractivity contribution is 5.88. The second-order valence-corrected chi connectivity index (χ2v) is 6.17. The number of hydrogen-bond donors (Lipinski definition) is 3. The number of carboxylic acids is 1. The van der Waals surface area contributed by atoms with Crippen molar-refractivity contribution in [1.29, 1.82) is 0 Å². The van der Waals surface area contributed by atoms with Crippen LogP contribution < -0.4 is 10.2 Å². The van der Waals surface area contributed by atoms with E-state index in [-0.39, 0.29) is 23.0 Å². The fraction of sp³-hybridized carbons (Fsp3) is 0.176. The van der Waals surface area contributed by atoms with E-state index >= 15 is 0 Å². The van der Waals surface area contributed by atoms with E-state index in [2.05, 4.69) is 25.3 Å². The third-order valence-corrected chi connectivity index (χ3v) is 4.41. The topological polar surface area (TPSA) is 150 Å². The molecule has 0 radical (unpaired) electrons. The third-order valence-electron chi connectivity index (χ3n) is 4.41. The summed E-state index contributed by atoms with van der Waals surface area (Å²) in [6, 6.07) is 6.04. The van der Waals surface area contributed by atoms with Crippen LogP contribution in [0.3, 0.4) is 0 Å². The van der Waals surface area contributed by atoms with Gasteiger partial charge in [-0.05, 0) is 24.3 Å². The molecule has 11 nitrogen and oxygen atoms in total. The van der Waals surface area contributed by atoms with E-state index in [1.165, 1.54) is 18.3 Å². The molecule has 4 rings (SSSR count). The predicted molar refractivity (Wildman–Crippen MR) is 98.7 cm³/mol. The molecule has 3 heterocycles. The van der Waals surface area contributed by atoms with E-state index in [4.69, 9.17) is 5.11 Å². The van der Waals surface area contributed by atoms with Crippen molar-refractivity contribution in [3.63, 3.8) is 0 Å². The Morgan fingerprint density at radius 1 is 1.29 bits per heavy atom. The number of H-pyrrole nitrogens is 1. The van der Waals surface area contributed by atoms with E-state index in [0.29, 0.717) is 25.2 Å². The number of aromatic amines is 1. The monoisotopic (exact) mass is 381 g/mol. The van der Waals surface area contributed by atoms with Crippen molar-refractivity contribution in [2.24, 2.45) is 0 Å². The lowest BCUT2D eigenvalue weighted by molar-refractivity contribution is -0.384. The van der Waals surface area contributed by atoms with Crippen LogP contribution in [0.25, 0.3) is 0 Å². The normalized spacial score (nSPS) is 13.1. The Morgan fingerprint density at radius 2 is 2.07 bits per heavy atom. The number of benzene rings is 1. The molecule has 0 amide bonds. The Labute approximate surface area is 158 Å². The average molecular weight is 381 g/mol. The van der Waals surface area contributed by atoms with Gasteiger partial charge >= 0.3 is 11.7 Å². The zero-order valence-corrected chi connectivity index (χ0v) is 14.5. The minimum atomic E-state index is -1.02. The van der Waals surface area contributed by atoms with E-state index in [1.807, 2.05) is 0 Å². The van der Waals surface area contributed by atoms with Crippen LogP contribution in [0.15, 0.2) is 36.8 Å². The largest absolute Gasteiger partial charge is 0.478 e. The summed E-state index contributed by atoms with van der Waals surface area (Å²) in [7, 11) is 0. The SMILES string of the molecule is O=C(O)c1ccc(Nc2ncc([N+](=O)[O-])c(N3CCc4nc[nH]c4C3)n2)cc1. The molecule has 0 bridgehead atoms. The molecule has 3 aromatic rings. The molecule has 0 atom stereocenters. The molecule has 1 aromatic carbocycles. The summed E-state index contributed by atoms with van der Waals surface area (Å²) < 4.78 is 0. The Hall–Kier alpha value is -4.02. The van der Waals surface area contributed by atoms with Crippen LogP contribution in [-0.2, 0) is 13.0 Å². The summed E-state index contributed by atoms with van der Waals surface area (Å²) >= 11 is 0. The maximum Gasteiger partial charge on any atom is 0.335 e. The van der Waals surface area contributed by atoms with Crippen molar-refractivity contribution in [2.75, 3.05) is 16.8 Å².